The van der Waals surface area contributed by atoms with Gasteiger partial charge < -0.3 is 14.5 Å². The van der Waals surface area contributed by atoms with Crippen molar-refractivity contribution in [3.63, 3.8) is 0 Å². The van der Waals surface area contributed by atoms with Gasteiger partial charge in [-0.15, -0.1) is 0 Å². The molecule has 2 rings (SSSR count). The van der Waals surface area contributed by atoms with Gasteiger partial charge >= 0.3 is 6.18 Å². The summed E-state index contributed by atoms with van der Waals surface area (Å²) in [5.41, 5.74) is -2.15. The van der Waals surface area contributed by atoms with Gasteiger partial charge in [-0.3, -0.25) is 9.59 Å². The number of likely N-dealkylation sites (tertiary alicyclic amines) is 2. The molecule has 0 radical (unpaired) electrons. The smallest absolute Gasteiger partial charge is 0.369 e. The molecule has 2 saturated heterocycles. The fourth-order valence-electron chi connectivity index (χ4n) is 3.43. The molecular formula is C16H23F3N2O3. The van der Waals surface area contributed by atoms with Crippen LogP contribution in [0.4, 0.5) is 13.2 Å². The summed E-state index contributed by atoms with van der Waals surface area (Å²) in [4.78, 5) is 27.2. The molecule has 2 fully saturated rings. The lowest BCUT2D eigenvalue weighted by Crippen LogP contribution is -2.56. The van der Waals surface area contributed by atoms with Crippen LogP contribution in [0.3, 0.4) is 0 Å². The largest absolute Gasteiger partial charge is 0.417 e. The van der Waals surface area contributed by atoms with Gasteiger partial charge in [0.2, 0.25) is 11.8 Å². The zero-order valence-electron chi connectivity index (χ0n) is 13.8. The van der Waals surface area contributed by atoms with Crippen LogP contribution >= 0.6 is 0 Å². The van der Waals surface area contributed by atoms with E-state index in [1.54, 1.807) is 4.90 Å². The average molecular weight is 348 g/mol. The minimum atomic E-state index is -4.44. The Bertz CT molecular complexity index is 491. The lowest BCUT2D eigenvalue weighted by molar-refractivity contribution is -0.281. The number of hydrogen-bond acceptors (Lipinski definition) is 3. The van der Waals surface area contributed by atoms with E-state index in [0.29, 0.717) is 25.9 Å². The normalized spacial score (nSPS) is 22.3. The predicted octanol–water partition coefficient (Wildman–Crippen LogP) is 1.98. The highest BCUT2D eigenvalue weighted by molar-refractivity contribution is 5.87. The van der Waals surface area contributed by atoms with Gasteiger partial charge in [-0.2, -0.15) is 13.2 Å². The molecule has 0 saturated carbocycles. The highest BCUT2D eigenvalue weighted by Gasteiger charge is 2.56. The van der Waals surface area contributed by atoms with Crippen LogP contribution in [0.5, 0.6) is 0 Å². The van der Waals surface area contributed by atoms with Gasteiger partial charge in [0, 0.05) is 52.0 Å². The van der Waals surface area contributed by atoms with E-state index in [1.165, 1.54) is 11.0 Å². The maximum Gasteiger partial charge on any atom is 0.417 e. The Morgan fingerprint density at radius 3 is 2.08 bits per heavy atom. The van der Waals surface area contributed by atoms with Gasteiger partial charge in [0.15, 0.2) is 5.60 Å². The first-order valence-corrected chi connectivity index (χ1v) is 8.06. The molecule has 0 unspecified atom stereocenters. The average Bonchev–Trinajstić information content (AvgIpc) is 2.59. The highest BCUT2D eigenvalue weighted by atomic mass is 19.4. The van der Waals surface area contributed by atoms with Crippen molar-refractivity contribution in [3.8, 4) is 0 Å². The molecule has 2 heterocycles. The van der Waals surface area contributed by atoms with E-state index in [4.69, 9.17) is 4.74 Å². The number of piperidine rings is 2. The summed E-state index contributed by atoms with van der Waals surface area (Å²) in [5, 5.41) is 0. The Morgan fingerprint density at radius 2 is 1.67 bits per heavy atom. The fourth-order valence-corrected chi connectivity index (χ4v) is 3.43. The van der Waals surface area contributed by atoms with Crippen LogP contribution in [0.25, 0.3) is 0 Å². The number of rotatable bonds is 3. The monoisotopic (exact) mass is 348 g/mol. The van der Waals surface area contributed by atoms with E-state index in [2.05, 4.69) is 6.58 Å². The molecule has 2 amide bonds. The van der Waals surface area contributed by atoms with Crippen molar-refractivity contribution >= 4 is 11.8 Å². The van der Waals surface area contributed by atoms with E-state index < -0.39 is 11.8 Å². The van der Waals surface area contributed by atoms with E-state index in [9.17, 15) is 22.8 Å². The Kier molecular flexibility index (Phi) is 5.57. The first-order chi connectivity index (χ1) is 11.2. The summed E-state index contributed by atoms with van der Waals surface area (Å²) in [6, 6.07) is 0. The minimum absolute atomic E-state index is 0.0397. The quantitative estimate of drug-likeness (QED) is 0.733. The molecule has 0 aromatic carbocycles. The molecule has 8 heteroatoms. The third-order valence-electron chi connectivity index (χ3n) is 5.12. The van der Waals surface area contributed by atoms with Crippen molar-refractivity contribution in [2.75, 3.05) is 33.3 Å². The number of hydrogen-bond donors (Lipinski definition) is 0. The van der Waals surface area contributed by atoms with Gasteiger partial charge in [0.1, 0.15) is 0 Å². The van der Waals surface area contributed by atoms with Crippen molar-refractivity contribution in [1.82, 2.24) is 9.80 Å². The Hall–Kier alpha value is -1.57. The fraction of sp³-hybridized carbons (Fsp3) is 0.750. The summed E-state index contributed by atoms with van der Waals surface area (Å²) in [6.45, 7) is 4.46. The topological polar surface area (TPSA) is 49.9 Å². The Labute approximate surface area is 139 Å². The molecule has 0 bridgehead atoms. The third-order valence-corrected chi connectivity index (χ3v) is 5.12. The van der Waals surface area contributed by atoms with Gasteiger partial charge in [0.05, 0.1) is 0 Å². The van der Waals surface area contributed by atoms with Crippen molar-refractivity contribution in [3.05, 3.63) is 12.7 Å². The van der Waals surface area contributed by atoms with Crippen LogP contribution in [0.15, 0.2) is 12.7 Å². The summed E-state index contributed by atoms with van der Waals surface area (Å²) in [5.74, 6) is -0.513. The lowest BCUT2D eigenvalue weighted by atomic mass is 9.88. The molecule has 0 N–H and O–H groups in total. The van der Waals surface area contributed by atoms with Crippen molar-refractivity contribution in [1.29, 1.82) is 0 Å². The maximum atomic E-state index is 13.2. The molecule has 0 spiro atoms. The van der Waals surface area contributed by atoms with Crippen LogP contribution in [0.2, 0.25) is 0 Å². The zero-order valence-corrected chi connectivity index (χ0v) is 13.8. The molecule has 136 valence electrons. The Morgan fingerprint density at radius 1 is 1.12 bits per heavy atom. The molecule has 0 aliphatic carbocycles. The zero-order chi connectivity index (χ0) is 18.0. The van der Waals surface area contributed by atoms with E-state index >= 15 is 0 Å². The number of nitrogens with zero attached hydrogens (tertiary/aromatic N) is 2. The maximum absolute atomic E-state index is 13.2. The third kappa shape index (κ3) is 3.58. The van der Waals surface area contributed by atoms with Crippen LogP contribution in [0.1, 0.15) is 25.7 Å². The summed E-state index contributed by atoms with van der Waals surface area (Å²) in [6.07, 6.45) is -2.62. The molecule has 0 atom stereocenters. The number of carbonyl (C=O) groups is 2. The van der Waals surface area contributed by atoms with E-state index in [0.717, 1.165) is 7.11 Å². The summed E-state index contributed by atoms with van der Waals surface area (Å²) in [7, 11) is 1.07. The highest BCUT2D eigenvalue weighted by Crippen LogP contribution is 2.41. The van der Waals surface area contributed by atoms with Gasteiger partial charge in [-0.25, -0.2) is 0 Å². The number of amides is 2. The summed E-state index contributed by atoms with van der Waals surface area (Å²) < 4.78 is 44.2. The first-order valence-electron chi connectivity index (χ1n) is 8.06. The van der Waals surface area contributed by atoms with Gasteiger partial charge in [-0.05, 0) is 18.9 Å². The van der Waals surface area contributed by atoms with Crippen molar-refractivity contribution < 1.29 is 27.5 Å². The standard InChI is InChI=1S/C16H23F3N2O3/c1-3-13(22)20-8-4-12(5-9-20)14(23)21-10-6-15(24-2,7-11-21)16(17,18)19/h3,12H,1,4-11H2,2H3. The van der Waals surface area contributed by atoms with Crippen LogP contribution in [-0.4, -0.2) is 66.7 Å². The number of alkyl halides is 3. The van der Waals surface area contributed by atoms with E-state index in [-0.39, 0.29) is 43.7 Å². The number of ether oxygens (including phenoxy) is 1. The molecular weight excluding hydrogens is 325 g/mol. The molecule has 2 aliphatic rings. The predicted molar refractivity (Wildman–Crippen MR) is 81.1 cm³/mol. The van der Waals surface area contributed by atoms with E-state index in [1.807, 2.05) is 0 Å². The molecule has 5 nitrogen and oxygen atoms in total. The molecule has 24 heavy (non-hydrogen) atoms. The minimum Gasteiger partial charge on any atom is -0.369 e. The molecule has 0 aromatic heterocycles. The number of halogens is 3. The van der Waals surface area contributed by atoms with Crippen LogP contribution in [-0.2, 0) is 14.3 Å². The van der Waals surface area contributed by atoms with Gasteiger partial charge in [0.25, 0.3) is 0 Å². The van der Waals surface area contributed by atoms with Crippen molar-refractivity contribution in [2.45, 2.75) is 37.5 Å². The second kappa shape index (κ2) is 7.13. The molecule has 0 aromatic rings. The molecule has 2 aliphatic heterocycles. The van der Waals surface area contributed by atoms with Crippen LogP contribution in [0, 0.1) is 5.92 Å². The summed E-state index contributed by atoms with van der Waals surface area (Å²) >= 11 is 0. The Balaban J connectivity index is 1.90. The van der Waals surface area contributed by atoms with Gasteiger partial charge in [-0.1, -0.05) is 6.58 Å². The first kappa shape index (κ1) is 18.8. The second-order valence-electron chi connectivity index (χ2n) is 6.33. The lowest BCUT2D eigenvalue weighted by Gasteiger charge is -2.43. The second-order valence-corrected chi connectivity index (χ2v) is 6.33. The van der Waals surface area contributed by atoms with Crippen molar-refractivity contribution in [2.24, 2.45) is 5.92 Å². The van der Waals surface area contributed by atoms with Crippen LogP contribution < -0.4 is 0 Å². The SMILES string of the molecule is C=CC(=O)N1CCC(C(=O)N2CCC(OC)(C(F)(F)F)CC2)CC1. The number of carbonyl (C=O) groups excluding carboxylic acids is 2. The number of methoxy groups -OCH3 is 1.